The Bertz CT molecular complexity index is 462. The number of hydrogen-bond acceptors (Lipinski definition) is 4. The van der Waals surface area contributed by atoms with Gasteiger partial charge in [-0.3, -0.25) is 15.0 Å². The van der Waals surface area contributed by atoms with Crippen LogP contribution in [0.25, 0.3) is 0 Å². The number of imide groups is 1. The molecule has 0 saturated heterocycles. The quantitative estimate of drug-likeness (QED) is 0.680. The van der Waals surface area contributed by atoms with Crippen molar-refractivity contribution in [2.24, 2.45) is 5.73 Å². The maximum atomic E-state index is 11.7. The number of nitrogen functional groups attached to an aromatic ring is 1. The number of urea groups is 1. The number of nitrogens with one attached hydrogen (secondary N) is 1. The summed E-state index contributed by atoms with van der Waals surface area (Å²) in [6, 6.07) is 6.20. The Morgan fingerprint density at radius 3 is 2.63 bits per heavy atom. The zero-order valence-corrected chi connectivity index (χ0v) is 11.2. The van der Waals surface area contributed by atoms with Crippen molar-refractivity contribution in [3.8, 4) is 0 Å². The fourth-order valence-corrected chi connectivity index (χ4v) is 1.84. The van der Waals surface area contributed by atoms with Crippen LogP contribution in [0.15, 0.2) is 24.3 Å². The summed E-state index contributed by atoms with van der Waals surface area (Å²) in [5.41, 5.74) is 12.4. The van der Waals surface area contributed by atoms with Crippen molar-refractivity contribution in [1.29, 1.82) is 0 Å². The summed E-state index contributed by atoms with van der Waals surface area (Å²) in [4.78, 5) is 24.3. The number of nitrogens with two attached hydrogens (primary N) is 2. The highest BCUT2D eigenvalue weighted by atomic mass is 16.2. The van der Waals surface area contributed by atoms with Gasteiger partial charge in [-0.1, -0.05) is 19.1 Å². The summed E-state index contributed by atoms with van der Waals surface area (Å²) in [6.45, 7) is 4.92. The third-order valence-corrected chi connectivity index (χ3v) is 2.92. The Morgan fingerprint density at radius 2 is 2.11 bits per heavy atom. The van der Waals surface area contributed by atoms with Gasteiger partial charge in [-0.25, -0.2) is 4.79 Å². The minimum Gasteiger partial charge on any atom is -0.399 e. The van der Waals surface area contributed by atoms with Crippen molar-refractivity contribution >= 4 is 17.6 Å². The van der Waals surface area contributed by atoms with E-state index in [9.17, 15) is 9.59 Å². The smallest absolute Gasteiger partial charge is 0.318 e. The van der Waals surface area contributed by atoms with Gasteiger partial charge in [-0.05, 0) is 31.2 Å². The first-order chi connectivity index (χ1) is 8.93. The first-order valence-corrected chi connectivity index (χ1v) is 6.12. The van der Waals surface area contributed by atoms with Crippen molar-refractivity contribution < 1.29 is 9.59 Å². The van der Waals surface area contributed by atoms with Crippen LogP contribution in [0.2, 0.25) is 0 Å². The monoisotopic (exact) mass is 264 g/mol. The normalized spacial score (nSPS) is 12.2. The summed E-state index contributed by atoms with van der Waals surface area (Å²) in [5.74, 6) is -0.404. The molecule has 5 N–H and O–H groups in total. The molecule has 0 saturated carbocycles. The van der Waals surface area contributed by atoms with E-state index >= 15 is 0 Å². The Hall–Kier alpha value is -2.08. The molecule has 1 aromatic rings. The van der Waals surface area contributed by atoms with Crippen molar-refractivity contribution in [2.45, 2.75) is 26.4 Å². The van der Waals surface area contributed by atoms with E-state index in [2.05, 4.69) is 5.32 Å². The molecule has 6 heteroatoms. The lowest BCUT2D eigenvalue weighted by atomic mass is 10.1. The second-order valence-corrected chi connectivity index (χ2v) is 4.34. The number of hydrogen-bond donors (Lipinski definition) is 3. The Kier molecular flexibility index (Phi) is 5.32. The van der Waals surface area contributed by atoms with Crippen LogP contribution in [-0.2, 0) is 11.3 Å². The van der Waals surface area contributed by atoms with Crippen LogP contribution >= 0.6 is 0 Å². The van der Waals surface area contributed by atoms with Crippen LogP contribution < -0.4 is 16.8 Å². The van der Waals surface area contributed by atoms with E-state index in [1.807, 2.05) is 36.1 Å². The number of primary amides is 1. The van der Waals surface area contributed by atoms with Gasteiger partial charge in [-0.15, -0.1) is 0 Å². The third-order valence-electron chi connectivity index (χ3n) is 2.92. The van der Waals surface area contributed by atoms with Crippen LogP contribution in [0.4, 0.5) is 10.5 Å². The lowest BCUT2D eigenvalue weighted by Crippen LogP contribution is -2.48. The van der Waals surface area contributed by atoms with Gasteiger partial charge in [0, 0.05) is 12.2 Å². The molecule has 1 unspecified atom stereocenters. The van der Waals surface area contributed by atoms with E-state index < -0.39 is 18.0 Å². The molecule has 0 bridgehead atoms. The molecular weight excluding hydrogens is 244 g/mol. The van der Waals surface area contributed by atoms with E-state index in [1.165, 1.54) is 0 Å². The molecular formula is C13H20N4O2. The fraction of sp³-hybridized carbons (Fsp3) is 0.385. The third kappa shape index (κ3) is 4.59. The lowest BCUT2D eigenvalue weighted by molar-refractivity contribution is -0.124. The van der Waals surface area contributed by atoms with Crippen LogP contribution in [-0.4, -0.2) is 29.4 Å². The van der Waals surface area contributed by atoms with E-state index in [4.69, 9.17) is 11.5 Å². The molecule has 1 rings (SSSR count). The molecule has 3 amide bonds. The number of rotatable bonds is 5. The SMILES string of the molecule is CCN(Cc1cccc(N)c1)C(C)C(=O)NC(N)=O. The molecule has 1 atom stereocenters. The number of nitrogens with zero attached hydrogens (tertiary/aromatic N) is 1. The Morgan fingerprint density at radius 1 is 1.42 bits per heavy atom. The molecule has 0 fully saturated rings. The standard InChI is InChI=1S/C13H20N4O2/c1-3-17(9(2)12(18)16-13(15)19)8-10-5-4-6-11(14)7-10/h4-7,9H,3,8,14H2,1-2H3,(H3,15,16,18,19). The average Bonchev–Trinajstić information content (AvgIpc) is 2.34. The number of amides is 3. The topological polar surface area (TPSA) is 101 Å². The maximum Gasteiger partial charge on any atom is 0.318 e. The molecule has 1 aromatic carbocycles. The first-order valence-electron chi connectivity index (χ1n) is 6.12. The predicted molar refractivity (Wildman–Crippen MR) is 74.1 cm³/mol. The van der Waals surface area contributed by atoms with E-state index in [1.54, 1.807) is 6.92 Å². The van der Waals surface area contributed by atoms with Crippen molar-refractivity contribution in [3.63, 3.8) is 0 Å². The number of benzene rings is 1. The van der Waals surface area contributed by atoms with Crippen LogP contribution in [0.5, 0.6) is 0 Å². The van der Waals surface area contributed by atoms with Crippen LogP contribution in [0.1, 0.15) is 19.4 Å². The number of carbonyl (C=O) groups excluding carboxylic acids is 2. The van der Waals surface area contributed by atoms with Gasteiger partial charge in [0.1, 0.15) is 0 Å². The first kappa shape index (κ1) is 15.0. The van der Waals surface area contributed by atoms with E-state index in [0.717, 1.165) is 5.56 Å². The summed E-state index contributed by atoms with van der Waals surface area (Å²) < 4.78 is 0. The van der Waals surface area contributed by atoms with Gasteiger partial charge >= 0.3 is 6.03 Å². The van der Waals surface area contributed by atoms with Crippen molar-refractivity contribution in [2.75, 3.05) is 12.3 Å². The van der Waals surface area contributed by atoms with Gasteiger partial charge in [-0.2, -0.15) is 0 Å². The van der Waals surface area contributed by atoms with E-state index in [0.29, 0.717) is 18.8 Å². The lowest BCUT2D eigenvalue weighted by Gasteiger charge is -2.26. The second kappa shape index (κ2) is 6.75. The largest absolute Gasteiger partial charge is 0.399 e. The molecule has 6 nitrogen and oxygen atoms in total. The van der Waals surface area contributed by atoms with Crippen molar-refractivity contribution in [3.05, 3.63) is 29.8 Å². The molecule has 0 radical (unpaired) electrons. The molecule has 0 aliphatic heterocycles. The summed E-state index contributed by atoms with van der Waals surface area (Å²) >= 11 is 0. The number of anilines is 1. The zero-order chi connectivity index (χ0) is 14.4. The highest BCUT2D eigenvalue weighted by Crippen LogP contribution is 2.11. The molecule has 0 aromatic heterocycles. The molecule has 0 spiro atoms. The van der Waals surface area contributed by atoms with Crippen molar-refractivity contribution in [1.82, 2.24) is 10.2 Å². The predicted octanol–water partition coefficient (Wildman–Crippen LogP) is 0.674. The minimum absolute atomic E-state index is 0.404. The molecule has 0 aliphatic carbocycles. The fourth-order valence-electron chi connectivity index (χ4n) is 1.84. The number of likely N-dealkylation sites (N-methyl/N-ethyl adjacent to an activating group) is 1. The average molecular weight is 264 g/mol. The minimum atomic E-state index is -0.836. The zero-order valence-electron chi connectivity index (χ0n) is 11.2. The van der Waals surface area contributed by atoms with Gasteiger partial charge < -0.3 is 11.5 Å². The molecule has 0 aliphatic rings. The number of carbonyl (C=O) groups is 2. The highest BCUT2D eigenvalue weighted by Gasteiger charge is 2.21. The van der Waals surface area contributed by atoms with Crippen LogP contribution in [0, 0.1) is 0 Å². The maximum absolute atomic E-state index is 11.7. The summed E-state index contributed by atoms with van der Waals surface area (Å²) in [7, 11) is 0. The summed E-state index contributed by atoms with van der Waals surface area (Å²) in [6.07, 6.45) is 0. The Labute approximate surface area is 112 Å². The van der Waals surface area contributed by atoms with Gasteiger partial charge in [0.15, 0.2) is 0 Å². The Balaban J connectivity index is 2.72. The van der Waals surface area contributed by atoms with Crippen LogP contribution in [0.3, 0.4) is 0 Å². The highest BCUT2D eigenvalue weighted by molar-refractivity contribution is 5.96. The molecule has 0 heterocycles. The van der Waals surface area contributed by atoms with Gasteiger partial charge in [0.05, 0.1) is 6.04 Å². The molecule has 19 heavy (non-hydrogen) atoms. The van der Waals surface area contributed by atoms with Gasteiger partial charge in [0.2, 0.25) is 5.91 Å². The second-order valence-electron chi connectivity index (χ2n) is 4.34. The van der Waals surface area contributed by atoms with Gasteiger partial charge in [0.25, 0.3) is 0 Å². The summed E-state index contributed by atoms with van der Waals surface area (Å²) in [5, 5.41) is 2.09. The van der Waals surface area contributed by atoms with E-state index in [-0.39, 0.29) is 0 Å². The molecule has 104 valence electrons.